The highest BCUT2D eigenvalue weighted by Crippen LogP contribution is 2.35. The molecule has 0 saturated heterocycles. The van der Waals surface area contributed by atoms with Crippen LogP contribution in [0.5, 0.6) is 11.5 Å². The van der Waals surface area contributed by atoms with Crippen LogP contribution in [0.25, 0.3) is 5.57 Å². The Morgan fingerprint density at radius 3 is 2.00 bits per heavy atom. The summed E-state index contributed by atoms with van der Waals surface area (Å²) in [5.41, 5.74) is 3.31. The average molecular weight is 421 g/mol. The summed E-state index contributed by atoms with van der Waals surface area (Å²) in [7, 11) is 0. The third-order valence-electron chi connectivity index (χ3n) is 5.90. The minimum Gasteiger partial charge on any atom is -0.494 e. The zero-order valence-electron chi connectivity index (χ0n) is 19.1. The summed E-state index contributed by atoms with van der Waals surface area (Å²) in [6.07, 6.45) is 10.6. The Morgan fingerprint density at radius 2 is 1.39 bits per heavy atom. The van der Waals surface area contributed by atoms with Crippen LogP contribution in [-0.4, -0.2) is 19.0 Å². The fourth-order valence-electron chi connectivity index (χ4n) is 3.96. The lowest BCUT2D eigenvalue weighted by Crippen LogP contribution is -2.15. The average Bonchev–Trinajstić information content (AvgIpc) is 2.80. The predicted molar refractivity (Wildman–Crippen MR) is 128 cm³/mol. The summed E-state index contributed by atoms with van der Waals surface area (Å²) in [5.74, 6) is 1.92. The summed E-state index contributed by atoms with van der Waals surface area (Å²) >= 11 is 0. The van der Waals surface area contributed by atoms with Gasteiger partial charge in [0.1, 0.15) is 11.5 Å². The lowest BCUT2D eigenvalue weighted by Gasteiger charge is -2.22. The fourth-order valence-corrected chi connectivity index (χ4v) is 3.96. The first-order valence-electron chi connectivity index (χ1n) is 11.9. The molecular formula is C28H36O3. The van der Waals surface area contributed by atoms with Crippen molar-refractivity contribution in [3.63, 3.8) is 0 Å². The monoisotopic (exact) mass is 420 g/mol. The minimum atomic E-state index is -0.0565. The van der Waals surface area contributed by atoms with Crippen molar-refractivity contribution < 1.29 is 14.3 Å². The van der Waals surface area contributed by atoms with E-state index in [0.29, 0.717) is 0 Å². The zero-order valence-corrected chi connectivity index (χ0v) is 19.1. The quantitative estimate of drug-likeness (QED) is 0.337. The molecule has 0 fully saturated rings. The van der Waals surface area contributed by atoms with Gasteiger partial charge in [0.2, 0.25) is 0 Å². The molecule has 1 aliphatic rings. The van der Waals surface area contributed by atoms with E-state index in [1.54, 1.807) is 0 Å². The Balaban J connectivity index is 1.54. The molecule has 1 aliphatic carbocycles. The van der Waals surface area contributed by atoms with Gasteiger partial charge in [-0.05, 0) is 72.7 Å². The van der Waals surface area contributed by atoms with Gasteiger partial charge in [0.15, 0.2) is 5.78 Å². The van der Waals surface area contributed by atoms with Crippen LogP contribution >= 0.6 is 0 Å². The number of rotatable bonds is 12. The second-order valence-electron chi connectivity index (χ2n) is 8.37. The van der Waals surface area contributed by atoms with Crippen LogP contribution in [0.1, 0.15) is 82.3 Å². The molecule has 2 aromatic rings. The first kappa shape index (κ1) is 23.1. The van der Waals surface area contributed by atoms with Gasteiger partial charge >= 0.3 is 0 Å². The summed E-state index contributed by atoms with van der Waals surface area (Å²) in [6, 6.07) is 16.2. The maximum Gasteiger partial charge on any atom is 0.163 e. The number of hydrogen-bond acceptors (Lipinski definition) is 3. The van der Waals surface area contributed by atoms with E-state index in [1.165, 1.54) is 19.3 Å². The zero-order chi connectivity index (χ0) is 21.9. The largest absolute Gasteiger partial charge is 0.494 e. The lowest BCUT2D eigenvalue weighted by molar-refractivity contribution is -0.116. The van der Waals surface area contributed by atoms with Crippen LogP contribution < -0.4 is 9.47 Å². The Hall–Kier alpha value is -2.55. The molecule has 0 amide bonds. The number of carbonyl (C=O) groups excluding carboxylic acids is 1. The van der Waals surface area contributed by atoms with Gasteiger partial charge in [0.25, 0.3) is 0 Å². The molecule has 0 aromatic heterocycles. The van der Waals surface area contributed by atoms with Crippen LogP contribution in [0.4, 0.5) is 0 Å². The van der Waals surface area contributed by atoms with E-state index in [9.17, 15) is 4.79 Å². The molecule has 3 nitrogen and oxygen atoms in total. The Bertz CT molecular complexity index is 834. The molecule has 0 radical (unpaired) electrons. The van der Waals surface area contributed by atoms with Crippen molar-refractivity contribution in [1.82, 2.24) is 0 Å². The molecule has 0 aliphatic heterocycles. The summed E-state index contributed by atoms with van der Waals surface area (Å²) < 4.78 is 11.6. The number of allylic oxidation sites excluding steroid dienone is 2. The second kappa shape index (κ2) is 12.3. The third-order valence-corrected chi connectivity index (χ3v) is 5.90. The standard InChI is InChI=1S/C28H36O3/c1-3-5-7-8-20-31-26-16-11-23(12-17-26)27-18-13-24(21-28(27)29)22-9-14-25(15-10-22)30-19-6-4-2/h9-12,14-17,21,27H,3-8,13,18-20H2,1-2H3. The number of ketones is 1. The number of ether oxygens (including phenoxy) is 2. The molecule has 3 heteroatoms. The topological polar surface area (TPSA) is 35.5 Å². The SMILES string of the molecule is CCCCCCOc1ccc(C2CCC(c3ccc(OCCCC)cc3)=CC2=O)cc1. The highest BCUT2D eigenvalue weighted by Gasteiger charge is 2.24. The first-order chi connectivity index (χ1) is 15.2. The summed E-state index contributed by atoms with van der Waals surface area (Å²) in [6.45, 7) is 5.88. The van der Waals surface area contributed by atoms with Crippen molar-refractivity contribution in [2.24, 2.45) is 0 Å². The number of carbonyl (C=O) groups is 1. The van der Waals surface area contributed by atoms with E-state index in [-0.39, 0.29) is 11.7 Å². The van der Waals surface area contributed by atoms with Crippen LogP contribution in [0, 0.1) is 0 Å². The maximum absolute atomic E-state index is 12.8. The van der Waals surface area contributed by atoms with Crippen molar-refractivity contribution >= 4 is 11.4 Å². The van der Waals surface area contributed by atoms with E-state index < -0.39 is 0 Å². The second-order valence-corrected chi connectivity index (χ2v) is 8.37. The van der Waals surface area contributed by atoms with Gasteiger partial charge in [0, 0.05) is 5.92 Å². The molecule has 0 heterocycles. The van der Waals surface area contributed by atoms with Crippen molar-refractivity contribution in [2.45, 2.75) is 71.1 Å². The predicted octanol–water partition coefficient (Wildman–Crippen LogP) is 7.35. The molecule has 0 bridgehead atoms. The van der Waals surface area contributed by atoms with Crippen LogP contribution in [0.3, 0.4) is 0 Å². The maximum atomic E-state index is 12.8. The van der Waals surface area contributed by atoms with Gasteiger partial charge in [-0.2, -0.15) is 0 Å². The van der Waals surface area contributed by atoms with Crippen molar-refractivity contribution in [3.05, 3.63) is 65.7 Å². The molecule has 1 unspecified atom stereocenters. The van der Waals surface area contributed by atoms with Crippen molar-refractivity contribution in [3.8, 4) is 11.5 Å². The van der Waals surface area contributed by atoms with E-state index in [4.69, 9.17) is 9.47 Å². The fraction of sp³-hybridized carbons (Fsp3) is 0.464. The van der Waals surface area contributed by atoms with Gasteiger partial charge < -0.3 is 9.47 Å². The smallest absolute Gasteiger partial charge is 0.163 e. The lowest BCUT2D eigenvalue weighted by atomic mass is 9.82. The molecule has 31 heavy (non-hydrogen) atoms. The van der Waals surface area contributed by atoms with Crippen LogP contribution in [-0.2, 0) is 4.79 Å². The third kappa shape index (κ3) is 6.99. The molecule has 3 rings (SSSR count). The first-order valence-corrected chi connectivity index (χ1v) is 11.9. The van der Waals surface area contributed by atoms with Crippen molar-refractivity contribution in [2.75, 3.05) is 13.2 Å². The van der Waals surface area contributed by atoms with E-state index in [0.717, 1.165) is 73.5 Å². The summed E-state index contributed by atoms with van der Waals surface area (Å²) in [4.78, 5) is 12.8. The molecule has 0 N–H and O–H groups in total. The molecular weight excluding hydrogens is 384 g/mol. The van der Waals surface area contributed by atoms with Crippen LogP contribution in [0.2, 0.25) is 0 Å². The minimum absolute atomic E-state index is 0.0565. The Labute approximate surface area is 187 Å². The Kier molecular flexibility index (Phi) is 9.20. The number of hydrogen-bond donors (Lipinski definition) is 0. The molecule has 1 atom stereocenters. The molecule has 2 aromatic carbocycles. The van der Waals surface area contributed by atoms with Gasteiger partial charge in [-0.1, -0.05) is 63.8 Å². The van der Waals surface area contributed by atoms with Crippen molar-refractivity contribution in [1.29, 1.82) is 0 Å². The highest BCUT2D eigenvalue weighted by molar-refractivity contribution is 6.02. The number of unbranched alkanes of at least 4 members (excludes halogenated alkanes) is 4. The summed E-state index contributed by atoms with van der Waals surface area (Å²) in [5, 5.41) is 0. The van der Waals surface area contributed by atoms with E-state index in [2.05, 4.69) is 26.0 Å². The van der Waals surface area contributed by atoms with Gasteiger partial charge in [-0.15, -0.1) is 0 Å². The molecule has 0 saturated carbocycles. The molecule has 166 valence electrons. The number of benzene rings is 2. The van der Waals surface area contributed by atoms with Gasteiger partial charge in [0.05, 0.1) is 13.2 Å². The van der Waals surface area contributed by atoms with Gasteiger partial charge in [-0.25, -0.2) is 0 Å². The van der Waals surface area contributed by atoms with E-state index >= 15 is 0 Å². The van der Waals surface area contributed by atoms with E-state index in [1.807, 2.05) is 42.5 Å². The molecule has 0 spiro atoms. The highest BCUT2D eigenvalue weighted by atomic mass is 16.5. The van der Waals surface area contributed by atoms with Crippen LogP contribution in [0.15, 0.2) is 54.6 Å². The van der Waals surface area contributed by atoms with Gasteiger partial charge in [-0.3, -0.25) is 4.79 Å². The normalized spacial score (nSPS) is 16.1. The Morgan fingerprint density at radius 1 is 0.774 bits per heavy atom.